The quantitative estimate of drug-likeness (QED) is 0.694. The molecule has 1 aliphatic heterocycles. The number of benzene rings is 1. The van der Waals surface area contributed by atoms with Crippen molar-refractivity contribution in [2.45, 2.75) is 71.9 Å². The maximum atomic E-state index is 13.3. The number of hydrogen-bond acceptors (Lipinski definition) is 5. The monoisotopic (exact) mass is 408 g/mol. The Labute approximate surface area is 177 Å². The second-order valence-corrected chi connectivity index (χ2v) is 9.16. The number of likely N-dealkylation sites (tertiary alicyclic amines) is 1. The van der Waals surface area contributed by atoms with Crippen LogP contribution in [0.2, 0.25) is 0 Å². The molecule has 2 aromatic heterocycles. The molecule has 30 heavy (non-hydrogen) atoms. The lowest BCUT2D eigenvalue weighted by molar-refractivity contribution is 0.167. The largest absolute Gasteiger partial charge is 0.321 e. The van der Waals surface area contributed by atoms with Gasteiger partial charge in [-0.1, -0.05) is 25.5 Å². The summed E-state index contributed by atoms with van der Waals surface area (Å²) >= 11 is 0. The van der Waals surface area contributed by atoms with E-state index in [4.69, 9.17) is 0 Å². The maximum absolute atomic E-state index is 13.3. The Morgan fingerprint density at radius 1 is 1.13 bits per heavy atom. The Balaban J connectivity index is 1.95. The fourth-order valence-electron chi connectivity index (χ4n) is 4.42. The first-order valence-electron chi connectivity index (χ1n) is 11.0. The minimum Gasteiger partial charge on any atom is -0.321 e. The van der Waals surface area contributed by atoms with E-state index >= 15 is 0 Å². The van der Waals surface area contributed by atoms with Gasteiger partial charge in [-0.2, -0.15) is 0 Å². The molecule has 0 bridgehead atoms. The summed E-state index contributed by atoms with van der Waals surface area (Å²) in [7, 11) is 0. The topological polar surface area (TPSA) is 79.7 Å². The molecule has 7 heteroatoms. The Bertz CT molecular complexity index is 1110. The molecule has 1 saturated heterocycles. The fourth-order valence-corrected chi connectivity index (χ4v) is 4.42. The first-order valence-corrected chi connectivity index (χ1v) is 11.0. The summed E-state index contributed by atoms with van der Waals surface area (Å²) in [6, 6.07) is 5.96. The zero-order valence-electron chi connectivity index (χ0n) is 18.7. The lowest BCUT2D eigenvalue weighted by Gasteiger charge is -2.35. The van der Waals surface area contributed by atoms with Crippen LogP contribution in [0.5, 0.6) is 0 Å². The van der Waals surface area contributed by atoms with Crippen LogP contribution in [0.4, 0.5) is 0 Å². The molecular formula is C23H32N6O. The number of tetrazole rings is 1. The van der Waals surface area contributed by atoms with Gasteiger partial charge in [-0.15, -0.1) is 5.10 Å². The standard InChI is InChI=1S/C23H32N6O/c1-6-23(4,5)29-21(25-26-27-29)20(28-12-8-7-9-13-28)18-14-17-15(2)10-11-16(3)19(17)24-22(18)30/h10-11,14,20H,6-9,12-13H2,1-5H3,(H,24,30)/t20-/m1/s1. The molecule has 1 atom stereocenters. The third-order valence-corrected chi connectivity index (χ3v) is 6.70. The van der Waals surface area contributed by atoms with Crippen molar-refractivity contribution in [2.75, 3.05) is 13.1 Å². The van der Waals surface area contributed by atoms with Gasteiger partial charge in [-0.05, 0) is 87.7 Å². The van der Waals surface area contributed by atoms with Crippen LogP contribution in [0.15, 0.2) is 23.0 Å². The highest BCUT2D eigenvalue weighted by molar-refractivity contribution is 5.85. The third kappa shape index (κ3) is 3.55. The second-order valence-electron chi connectivity index (χ2n) is 9.16. The summed E-state index contributed by atoms with van der Waals surface area (Å²) in [6.07, 6.45) is 4.36. The highest BCUT2D eigenvalue weighted by Crippen LogP contribution is 2.32. The molecule has 1 aliphatic rings. The van der Waals surface area contributed by atoms with Crippen molar-refractivity contribution in [3.05, 3.63) is 51.1 Å². The van der Waals surface area contributed by atoms with Gasteiger partial charge in [0.25, 0.3) is 5.56 Å². The van der Waals surface area contributed by atoms with Gasteiger partial charge in [-0.3, -0.25) is 9.69 Å². The summed E-state index contributed by atoms with van der Waals surface area (Å²) in [5, 5.41) is 13.9. The molecule has 160 valence electrons. The molecule has 3 heterocycles. The smallest absolute Gasteiger partial charge is 0.253 e. The number of pyridine rings is 1. The number of nitrogens with one attached hydrogen (secondary N) is 1. The van der Waals surface area contributed by atoms with Crippen molar-refractivity contribution in [2.24, 2.45) is 0 Å². The number of H-pyrrole nitrogens is 1. The molecule has 1 N–H and O–H groups in total. The van der Waals surface area contributed by atoms with Crippen LogP contribution < -0.4 is 5.56 Å². The van der Waals surface area contributed by atoms with E-state index in [-0.39, 0.29) is 17.1 Å². The van der Waals surface area contributed by atoms with Gasteiger partial charge in [0.2, 0.25) is 0 Å². The molecule has 0 aliphatic carbocycles. The van der Waals surface area contributed by atoms with Gasteiger partial charge < -0.3 is 4.98 Å². The van der Waals surface area contributed by atoms with Crippen molar-refractivity contribution in [3.8, 4) is 0 Å². The molecule has 0 saturated carbocycles. The molecule has 0 amide bonds. The molecular weight excluding hydrogens is 376 g/mol. The summed E-state index contributed by atoms with van der Waals surface area (Å²) < 4.78 is 1.92. The molecule has 1 fully saturated rings. The van der Waals surface area contributed by atoms with Gasteiger partial charge in [0.05, 0.1) is 11.1 Å². The van der Waals surface area contributed by atoms with Gasteiger partial charge in [-0.25, -0.2) is 4.68 Å². The Kier molecular flexibility index (Phi) is 5.49. The number of hydrogen-bond donors (Lipinski definition) is 1. The molecule has 0 unspecified atom stereocenters. The Morgan fingerprint density at radius 3 is 2.53 bits per heavy atom. The van der Waals surface area contributed by atoms with E-state index in [2.05, 4.69) is 71.3 Å². The number of nitrogens with zero attached hydrogens (tertiary/aromatic N) is 5. The molecule has 7 nitrogen and oxygen atoms in total. The number of rotatable bonds is 5. The normalized spacial score (nSPS) is 16.8. The van der Waals surface area contributed by atoms with Crippen LogP contribution in [0, 0.1) is 13.8 Å². The zero-order valence-corrected chi connectivity index (χ0v) is 18.7. The summed E-state index contributed by atoms with van der Waals surface area (Å²) in [6.45, 7) is 12.4. The minimum absolute atomic E-state index is 0.0596. The van der Waals surface area contributed by atoms with Crippen molar-refractivity contribution >= 4 is 10.9 Å². The lowest BCUT2D eigenvalue weighted by atomic mass is 9.96. The Morgan fingerprint density at radius 2 is 1.83 bits per heavy atom. The van der Waals surface area contributed by atoms with Crippen LogP contribution >= 0.6 is 0 Å². The van der Waals surface area contributed by atoms with E-state index < -0.39 is 0 Å². The lowest BCUT2D eigenvalue weighted by Crippen LogP contribution is -2.40. The number of aromatic nitrogens is 5. The Hall–Kier alpha value is -2.54. The first-order chi connectivity index (χ1) is 14.3. The van der Waals surface area contributed by atoms with Crippen molar-refractivity contribution in [3.63, 3.8) is 0 Å². The highest BCUT2D eigenvalue weighted by Gasteiger charge is 2.34. The first kappa shape index (κ1) is 20.7. The van der Waals surface area contributed by atoms with Crippen LogP contribution in [-0.2, 0) is 5.54 Å². The van der Waals surface area contributed by atoms with Crippen LogP contribution in [0.25, 0.3) is 10.9 Å². The summed E-state index contributed by atoms with van der Waals surface area (Å²) in [5.74, 6) is 0.749. The SMILES string of the molecule is CCC(C)(C)n1nnnc1[C@@H](c1cc2c(C)ccc(C)c2[nH]c1=O)N1CCCCC1. The number of aryl methyl sites for hydroxylation is 2. The molecule has 4 rings (SSSR count). The number of fused-ring (bicyclic) bond motifs is 1. The van der Waals surface area contributed by atoms with E-state index in [0.717, 1.165) is 65.8 Å². The van der Waals surface area contributed by atoms with Crippen LogP contribution in [0.3, 0.4) is 0 Å². The molecule has 1 aromatic carbocycles. The van der Waals surface area contributed by atoms with E-state index in [0.29, 0.717) is 0 Å². The molecule has 0 radical (unpaired) electrons. The van der Waals surface area contributed by atoms with Crippen molar-refractivity contribution in [1.29, 1.82) is 0 Å². The van der Waals surface area contributed by atoms with Crippen molar-refractivity contribution in [1.82, 2.24) is 30.1 Å². The molecule has 3 aromatic rings. The van der Waals surface area contributed by atoms with Crippen LogP contribution in [0.1, 0.15) is 75.0 Å². The average Bonchev–Trinajstić information content (AvgIpc) is 3.23. The minimum atomic E-state index is -0.265. The van der Waals surface area contributed by atoms with Gasteiger partial charge >= 0.3 is 0 Å². The summed E-state index contributed by atoms with van der Waals surface area (Å²) in [5.41, 5.74) is 3.57. The zero-order chi connectivity index (χ0) is 21.5. The average molecular weight is 409 g/mol. The molecule has 0 spiro atoms. The maximum Gasteiger partial charge on any atom is 0.253 e. The van der Waals surface area contributed by atoms with Gasteiger partial charge in [0.1, 0.15) is 6.04 Å². The number of aromatic amines is 1. The fraction of sp³-hybridized carbons (Fsp3) is 0.565. The second kappa shape index (κ2) is 7.95. The number of piperidine rings is 1. The van der Waals surface area contributed by atoms with E-state index in [9.17, 15) is 4.79 Å². The van der Waals surface area contributed by atoms with E-state index in [1.807, 2.05) is 11.6 Å². The third-order valence-electron chi connectivity index (χ3n) is 6.70. The van der Waals surface area contributed by atoms with Crippen LogP contribution in [-0.4, -0.2) is 43.2 Å². The van der Waals surface area contributed by atoms with Crippen molar-refractivity contribution < 1.29 is 0 Å². The highest BCUT2D eigenvalue weighted by atomic mass is 16.1. The predicted molar refractivity (Wildman–Crippen MR) is 119 cm³/mol. The predicted octanol–water partition coefficient (Wildman–Crippen LogP) is 3.85. The van der Waals surface area contributed by atoms with E-state index in [1.165, 1.54) is 6.42 Å². The summed E-state index contributed by atoms with van der Waals surface area (Å²) in [4.78, 5) is 18.9. The van der Waals surface area contributed by atoms with E-state index in [1.54, 1.807) is 0 Å². The van der Waals surface area contributed by atoms with Gasteiger partial charge in [0, 0.05) is 10.9 Å². The van der Waals surface area contributed by atoms with Gasteiger partial charge in [0.15, 0.2) is 5.82 Å².